The number of halogens is 1. The molecule has 144 valence electrons. The van der Waals surface area contributed by atoms with Gasteiger partial charge in [0.1, 0.15) is 22.7 Å². The molecular formula is C22H22ClN3OS. The lowest BCUT2D eigenvalue weighted by atomic mass is 10.1. The Bertz CT molecular complexity index is 1050. The van der Waals surface area contributed by atoms with Crippen LogP contribution in [0, 0.1) is 0 Å². The summed E-state index contributed by atoms with van der Waals surface area (Å²) in [4.78, 5) is 9.93. The molecule has 0 amide bonds. The van der Waals surface area contributed by atoms with Crippen molar-refractivity contribution >= 4 is 45.5 Å². The van der Waals surface area contributed by atoms with Gasteiger partial charge in [-0.15, -0.1) is 23.7 Å². The fourth-order valence-corrected chi connectivity index (χ4v) is 3.96. The summed E-state index contributed by atoms with van der Waals surface area (Å²) in [5.41, 5.74) is 4.60. The number of thiophene rings is 1. The molecule has 6 heteroatoms. The highest BCUT2D eigenvalue weighted by atomic mass is 35.5. The fraction of sp³-hybridized carbons (Fsp3) is 0.182. The van der Waals surface area contributed by atoms with Gasteiger partial charge in [0.25, 0.3) is 0 Å². The second-order valence-corrected chi connectivity index (χ2v) is 7.04. The number of aryl methyl sites for hydroxylation is 1. The Morgan fingerprint density at radius 3 is 2.39 bits per heavy atom. The molecule has 2 heterocycles. The summed E-state index contributed by atoms with van der Waals surface area (Å²) in [5, 5.41) is 6.64. The van der Waals surface area contributed by atoms with E-state index in [1.54, 1.807) is 17.7 Å². The Labute approximate surface area is 175 Å². The summed E-state index contributed by atoms with van der Waals surface area (Å²) in [7, 11) is 0. The molecule has 0 unspecified atom stereocenters. The lowest BCUT2D eigenvalue weighted by molar-refractivity contribution is 0.340. The third kappa shape index (κ3) is 4.11. The molecule has 0 spiro atoms. The summed E-state index contributed by atoms with van der Waals surface area (Å²) in [5.74, 6) is 1.71. The van der Waals surface area contributed by atoms with Crippen LogP contribution < -0.4 is 10.1 Å². The molecule has 0 aliphatic carbocycles. The number of nitrogens with one attached hydrogen (secondary N) is 1. The Kier molecular flexibility index (Phi) is 6.49. The molecule has 0 saturated carbocycles. The van der Waals surface area contributed by atoms with Crippen LogP contribution in [0.2, 0.25) is 0 Å². The molecule has 0 bridgehead atoms. The first-order valence-electron chi connectivity index (χ1n) is 9.10. The summed E-state index contributed by atoms with van der Waals surface area (Å²) >= 11 is 1.63. The van der Waals surface area contributed by atoms with E-state index in [9.17, 15) is 0 Å². The molecule has 28 heavy (non-hydrogen) atoms. The predicted molar refractivity (Wildman–Crippen MR) is 120 cm³/mol. The van der Waals surface area contributed by atoms with Crippen LogP contribution in [0.3, 0.4) is 0 Å². The number of fused-ring (bicyclic) bond motifs is 1. The van der Waals surface area contributed by atoms with Crippen LogP contribution in [0.1, 0.15) is 19.4 Å². The first kappa shape index (κ1) is 20.1. The van der Waals surface area contributed by atoms with E-state index in [1.165, 1.54) is 5.56 Å². The summed E-state index contributed by atoms with van der Waals surface area (Å²) in [6.07, 6.45) is 2.65. The zero-order chi connectivity index (χ0) is 18.6. The smallest absolute Gasteiger partial charge is 0.143 e. The number of benzene rings is 2. The molecule has 2 aromatic carbocycles. The average Bonchev–Trinajstić information content (AvgIpc) is 3.15. The topological polar surface area (TPSA) is 47.0 Å². The van der Waals surface area contributed by atoms with Crippen molar-refractivity contribution in [2.24, 2.45) is 0 Å². The molecular weight excluding hydrogens is 390 g/mol. The molecule has 4 nitrogen and oxygen atoms in total. The maximum absolute atomic E-state index is 5.55. The van der Waals surface area contributed by atoms with Crippen molar-refractivity contribution in [3.05, 3.63) is 65.8 Å². The van der Waals surface area contributed by atoms with Gasteiger partial charge < -0.3 is 10.1 Å². The van der Waals surface area contributed by atoms with E-state index in [2.05, 4.69) is 64.0 Å². The van der Waals surface area contributed by atoms with Gasteiger partial charge in [-0.2, -0.15) is 0 Å². The number of rotatable bonds is 6. The van der Waals surface area contributed by atoms with E-state index in [-0.39, 0.29) is 12.4 Å². The summed E-state index contributed by atoms with van der Waals surface area (Å²) in [6, 6.07) is 16.6. The highest BCUT2D eigenvalue weighted by molar-refractivity contribution is 7.17. The molecule has 0 aliphatic heterocycles. The second kappa shape index (κ2) is 9.04. The highest BCUT2D eigenvalue weighted by Crippen LogP contribution is 2.37. The van der Waals surface area contributed by atoms with Gasteiger partial charge in [-0.05, 0) is 48.7 Å². The summed E-state index contributed by atoms with van der Waals surface area (Å²) in [6.45, 7) is 4.81. The Balaban J connectivity index is 0.00000225. The van der Waals surface area contributed by atoms with E-state index >= 15 is 0 Å². The number of hydrogen-bond acceptors (Lipinski definition) is 5. The van der Waals surface area contributed by atoms with Crippen molar-refractivity contribution in [1.29, 1.82) is 0 Å². The van der Waals surface area contributed by atoms with Crippen molar-refractivity contribution in [3.63, 3.8) is 0 Å². The zero-order valence-electron chi connectivity index (χ0n) is 15.8. The minimum atomic E-state index is 0. The van der Waals surface area contributed by atoms with E-state index in [0.717, 1.165) is 45.0 Å². The van der Waals surface area contributed by atoms with Gasteiger partial charge in [0.15, 0.2) is 0 Å². The van der Waals surface area contributed by atoms with E-state index in [4.69, 9.17) is 4.74 Å². The SMILES string of the molecule is CCOc1ccc(-c2csc3ncnc(Nc4ccc(CC)cc4)c23)cc1.Cl. The normalized spacial score (nSPS) is 10.5. The predicted octanol–water partition coefficient (Wildman–Crippen LogP) is 6.48. The number of aromatic nitrogens is 2. The van der Waals surface area contributed by atoms with Gasteiger partial charge in [0, 0.05) is 16.6 Å². The molecule has 0 atom stereocenters. The Morgan fingerprint density at radius 2 is 1.71 bits per heavy atom. The maximum atomic E-state index is 5.55. The number of hydrogen-bond donors (Lipinski definition) is 1. The van der Waals surface area contributed by atoms with E-state index < -0.39 is 0 Å². The molecule has 0 aliphatic rings. The van der Waals surface area contributed by atoms with Crippen molar-refractivity contribution in [2.45, 2.75) is 20.3 Å². The maximum Gasteiger partial charge on any atom is 0.143 e. The Hall–Kier alpha value is -2.63. The third-order valence-corrected chi connectivity index (χ3v) is 5.36. The number of anilines is 2. The number of nitrogens with zero attached hydrogens (tertiary/aromatic N) is 2. The lowest BCUT2D eigenvalue weighted by Crippen LogP contribution is -1.96. The van der Waals surface area contributed by atoms with Crippen molar-refractivity contribution in [3.8, 4) is 16.9 Å². The van der Waals surface area contributed by atoms with Crippen LogP contribution in [0.25, 0.3) is 21.3 Å². The minimum absolute atomic E-state index is 0. The third-order valence-electron chi connectivity index (χ3n) is 4.47. The van der Waals surface area contributed by atoms with Gasteiger partial charge in [-0.25, -0.2) is 9.97 Å². The molecule has 0 saturated heterocycles. The molecule has 4 rings (SSSR count). The standard InChI is InChI=1S/C22H21N3OS.ClH/c1-3-15-5-9-17(10-6-15)25-21-20-19(13-27-22(20)24-14-23-21)16-7-11-18(12-8-16)26-4-2;/h5-14H,3-4H2,1-2H3,(H,23,24,25);1H. The monoisotopic (exact) mass is 411 g/mol. The van der Waals surface area contributed by atoms with Crippen LogP contribution in [-0.2, 0) is 6.42 Å². The molecule has 2 aromatic heterocycles. The van der Waals surface area contributed by atoms with E-state index in [0.29, 0.717) is 6.61 Å². The van der Waals surface area contributed by atoms with Crippen LogP contribution in [0.5, 0.6) is 5.75 Å². The average molecular weight is 412 g/mol. The first-order valence-corrected chi connectivity index (χ1v) is 9.98. The minimum Gasteiger partial charge on any atom is -0.494 e. The van der Waals surface area contributed by atoms with Gasteiger partial charge in [0.2, 0.25) is 0 Å². The lowest BCUT2D eigenvalue weighted by Gasteiger charge is -2.09. The van der Waals surface area contributed by atoms with Crippen LogP contribution in [0.15, 0.2) is 60.2 Å². The molecule has 0 radical (unpaired) electrons. The van der Waals surface area contributed by atoms with Crippen LogP contribution >= 0.6 is 23.7 Å². The van der Waals surface area contributed by atoms with Crippen LogP contribution in [-0.4, -0.2) is 16.6 Å². The number of ether oxygens (including phenoxy) is 1. The van der Waals surface area contributed by atoms with Gasteiger partial charge in [0.05, 0.1) is 12.0 Å². The quantitative estimate of drug-likeness (QED) is 0.394. The van der Waals surface area contributed by atoms with Crippen molar-refractivity contribution < 1.29 is 4.74 Å². The summed E-state index contributed by atoms with van der Waals surface area (Å²) < 4.78 is 5.55. The highest BCUT2D eigenvalue weighted by Gasteiger charge is 2.13. The zero-order valence-corrected chi connectivity index (χ0v) is 17.4. The molecule has 1 N–H and O–H groups in total. The Morgan fingerprint density at radius 1 is 0.964 bits per heavy atom. The van der Waals surface area contributed by atoms with Crippen molar-refractivity contribution in [1.82, 2.24) is 9.97 Å². The fourth-order valence-electron chi connectivity index (χ4n) is 3.04. The first-order chi connectivity index (χ1) is 13.3. The van der Waals surface area contributed by atoms with Crippen molar-refractivity contribution in [2.75, 3.05) is 11.9 Å². The van der Waals surface area contributed by atoms with E-state index in [1.807, 2.05) is 19.1 Å². The largest absolute Gasteiger partial charge is 0.494 e. The van der Waals surface area contributed by atoms with Crippen LogP contribution in [0.4, 0.5) is 11.5 Å². The van der Waals surface area contributed by atoms with Gasteiger partial charge in [-0.3, -0.25) is 0 Å². The molecule has 0 fully saturated rings. The van der Waals surface area contributed by atoms with Gasteiger partial charge >= 0.3 is 0 Å². The second-order valence-electron chi connectivity index (χ2n) is 6.18. The molecule has 4 aromatic rings. The van der Waals surface area contributed by atoms with Gasteiger partial charge in [-0.1, -0.05) is 31.2 Å².